The van der Waals surface area contributed by atoms with Crippen LogP contribution in [-0.2, 0) is 4.79 Å². The maximum absolute atomic E-state index is 11.8. The van der Waals surface area contributed by atoms with E-state index in [0.29, 0.717) is 22.0 Å². The van der Waals surface area contributed by atoms with Crippen LogP contribution in [0.1, 0.15) is 22.6 Å². The summed E-state index contributed by atoms with van der Waals surface area (Å²) in [6, 6.07) is 15.6. The maximum Gasteiger partial charge on any atom is 0.262 e. The number of benzene rings is 2. The van der Waals surface area contributed by atoms with Gasteiger partial charge in [-0.15, -0.1) is 11.3 Å². The van der Waals surface area contributed by atoms with E-state index in [1.165, 1.54) is 22.5 Å². The first kappa shape index (κ1) is 21.0. The van der Waals surface area contributed by atoms with Crippen molar-refractivity contribution in [3.05, 3.63) is 81.4 Å². The number of furan rings is 1. The average Bonchev–Trinajstić information content (AvgIpc) is 3.40. The second-order valence-electron chi connectivity index (χ2n) is 7.84. The number of anilines is 1. The first-order chi connectivity index (χ1) is 16.0. The largest absolute Gasteiger partial charge is 0.482 e. The van der Waals surface area contributed by atoms with Gasteiger partial charge in [0.25, 0.3) is 5.91 Å². The average molecular weight is 459 g/mol. The number of ether oxygens (including phenoxy) is 1. The SMILES string of the molecule is Cc1ccc(C=Nn2c(-c3ccc4c(c3)NC(=O)CO4)csc2=Nc2ccc(C)c(C)c2)o1. The van der Waals surface area contributed by atoms with Crippen molar-refractivity contribution in [1.82, 2.24) is 4.68 Å². The van der Waals surface area contributed by atoms with Crippen LogP contribution in [0.5, 0.6) is 5.75 Å². The normalized spacial score (nSPS) is 13.8. The van der Waals surface area contributed by atoms with Gasteiger partial charge in [-0.25, -0.2) is 9.67 Å². The van der Waals surface area contributed by atoms with Crippen LogP contribution in [0, 0.1) is 20.8 Å². The number of thiazole rings is 1. The predicted octanol–water partition coefficient (Wildman–Crippen LogP) is 5.18. The first-order valence-electron chi connectivity index (χ1n) is 10.5. The highest BCUT2D eigenvalue weighted by molar-refractivity contribution is 7.07. The molecule has 1 aliphatic rings. The van der Waals surface area contributed by atoms with Crippen LogP contribution in [0.25, 0.3) is 11.3 Å². The number of fused-ring (bicyclic) bond motifs is 1. The monoisotopic (exact) mass is 458 g/mol. The Morgan fingerprint density at radius 3 is 2.73 bits per heavy atom. The number of rotatable bonds is 4. The summed E-state index contributed by atoms with van der Waals surface area (Å²) >= 11 is 1.49. The zero-order chi connectivity index (χ0) is 22.9. The van der Waals surface area contributed by atoms with Gasteiger partial charge < -0.3 is 14.5 Å². The summed E-state index contributed by atoms with van der Waals surface area (Å²) in [7, 11) is 0. The van der Waals surface area contributed by atoms with Crippen LogP contribution in [0.3, 0.4) is 0 Å². The van der Waals surface area contributed by atoms with Crippen LogP contribution in [-0.4, -0.2) is 23.4 Å². The summed E-state index contributed by atoms with van der Waals surface area (Å²) in [5.41, 5.74) is 5.61. The fraction of sp³-hybridized carbons (Fsp3) is 0.160. The van der Waals surface area contributed by atoms with E-state index in [4.69, 9.17) is 14.1 Å². The van der Waals surface area contributed by atoms with Crippen molar-refractivity contribution < 1.29 is 13.9 Å². The lowest BCUT2D eigenvalue weighted by atomic mass is 10.1. The number of amides is 1. The fourth-order valence-corrected chi connectivity index (χ4v) is 4.33. The molecule has 0 aliphatic carbocycles. The molecule has 0 fully saturated rings. The minimum Gasteiger partial charge on any atom is -0.482 e. The Bertz CT molecular complexity index is 1460. The highest BCUT2D eigenvalue weighted by Crippen LogP contribution is 2.33. The molecule has 5 rings (SSSR count). The van der Waals surface area contributed by atoms with Crippen LogP contribution in [0.4, 0.5) is 11.4 Å². The molecule has 33 heavy (non-hydrogen) atoms. The molecule has 1 amide bonds. The Balaban J connectivity index is 1.63. The summed E-state index contributed by atoms with van der Waals surface area (Å²) in [6.45, 7) is 6.07. The Labute approximate surface area is 194 Å². The van der Waals surface area contributed by atoms with Crippen molar-refractivity contribution in [2.24, 2.45) is 10.1 Å². The van der Waals surface area contributed by atoms with Gasteiger partial charge in [0.15, 0.2) is 6.61 Å². The summed E-state index contributed by atoms with van der Waals surface area (Å²) in [5.74, 6) is 1.95. The molecule has 0 bridgehead atoms. The van der Waals surface area contributed by atoms with Gasteiger partial charge in [0, 0.05) is 10.9 Å². The number of nitrogens with one attached hydrogen (secondary N) is 1. The Hall–Kier alpha value is -3.91. The van der Waals surface area contributed by atoms with Crippen LogP contribution < -0.4 is 14.9 Å². The molecule has 2 aromatic carbocycles. The van der Waals surface area contributed by atoms with Crippen molar-refractivity contribution in [2.75, 3.05) is 11.9 Å². The van der Waals surface area contributed by atoms with Crippen molar-refractivity contribution in [2.45, 2.75) is 20.8 Å². The van der Waals surface area contributed by atoms with Gasteiger partial charge in [-0.2, -0.15) is 5.10 Å². The van der Waals surface area contributed by atoms with Gasteiger partial charge in [0.05, 0.1) is 23.3 Å². The highest BCUT2D eigenvalue weighted by atomic mass is 32.1. The van der Waals surface area contributed by atoms with Crippen LogP contribution in [0.15, 0.2) is 68.4 Å². The standard InChI is InChI=1S/C25H22N4O3S/c1-15-4-7-19(10-16(15)2)27-25-29(26-12-20-8-5-17(3)32-20)22(14-33-25)18-6-9-23-21(11-18)28-24(30)13-31-23/h4-12,14H,13H2,1-3H3,(H,28,30). The van der Waals surface area contributed by atoms with Crippen molar-refractivity contribution >= 4 is 34.8 Å². The van der Waals surface area contributed by atoms with E-state index in [2.05, 4.69) is 36.4 Å². The molecule has 1 N–H and O–H groups in total. The molecule has 0 radical (unpaired) electrons. The molecule has 4 aromatic rings. The first-order valence-corrected chi connectivity index (χ1v) is 11.3. The molecular weight excluding hydrogens is 436 g/mol. The molecule has 0 unspecified atom stereocenters. The quantitative estimate of drug-likeness (QED) is 0.428. The fourth-order valence-electron chi connectivity index (χ4n) is 3.47. The number of carbonyl (C=O) groups excluding carboxylic acids is 1. The molecule has 166 valence electrons. The molecule has 0 spiro atoms. The second kappa shape index (κ2) is 8.55. The number of hydrogen-bond acceptors (Lipinski definition) is 6. The molecule has 2 aromatic heterocycles. The number of hydrogen-bond donors (Lipinski definition) is 1. The minimum atomic E-state index is -0.172. The number of nitrogens with zero attached hydrogens (tertiary/aromatic N) is 3. The zero-order valence-electron chi connectivity index (χ0n) is 18.5. The number of carbonyl (C=O) groups is 1. The third-order valence-electron chi connectivity index (χ3n) is 5.37. The van der Waals surface area contributed by atoms with E-state index in [-0.39, 0.29) is 12.5 Å². The van der Waals surface area contributed by atoms with E-state index in [1.807, 2.05) is 48.7 Å². The number of aryl methyl sites for hydroxylation is 3. The summed E-state index contributed by atoms with van der Waals surface area (Å²) in [5, 5.41) is 9.54. The molecule has 0 saturated heterocycles. The molecule has 1 aliphatic heterocycles. The van der Waals surface area contributed by atoms with Crippen molar-refractivity contribution in [3.8, 4) is 17.0 Å². The third kappa shape index (κ3) is 4.38. The summed E-state index contributed by atoms with van der Waals surface area (Å²) in [6.07, 6.45) is 1.67. The van der Waals surface area contributed by atoms with E-state index < -0.39 is 0 Å². The lowest BCUT2D eigenvalue weighted by Gasteiger charge is -2.18. The highest BCUT2D eigenvalue weighted by Gasteiger charge is 2.18. The van der Waals surface area contributed by atoms with Gasteiger partial charge in [0.1, 0.15) is 17.3 Å². The van der Waals surface area contributed by atoms with E-state index in [0.717, 1.165) is 22.7 Å². The molecule has 0 saturated carbocycles. The smallest absolute Gasteiger partial charge is 0.262 e. The minimum absolute atomic E-state index is 0.0245. The molecule has 3 heterocycles. The molecule has 8 heteroatoms. The van der Waals surface area contributed by atoms with Crippen molar-refractivity contribution in [1.29, 1.82) is 0 Å². The Kier molecular flexibility index (Phi) is 5.43. The topological polar surface area (TPSA) is 81.1 Å². The molecule has 0 atom stereocenters. The van der Waals surface area contributed by atoms with E-state index >= 15 is 0 Å². The van der Waals surface area contributed by atoms with Gasteiger partial charge in [-0.1, -0.05) is 6.07 Å². The summed E-state index contributed by atoms with van der Waals surface area (Å²) < 4.78 is 12.9. The van der Waals surface area contributed by atoms with Crippen LogP contribution in [0.2, 0.25) is 0 Å². The Morgan fingerprint density at radius 2 is 1.94 bits per heavy atom. The van der Waals surface area contributed by atoms with Gasteiger partial charge in [0.2, 0.25) is 4.80 Å². The van der Waals surface area contributed by atoms with Crippen molar-refractivity contribution in [3.63, 3.8) is 0 Å². The van der Waals surface area contributed by atoms with E-state index in [1.54, 1.807) is 10.9 Å². The second-order valence-corrected chi connectivity index (χ2v) is 8.67. The molecule has 7 nitrogen and oxygen atoms in total. The lowest BCUT2D eigenvalue weighted by Crippen LogP contribution is -2.25. The van der Waals surface area contributed by atoms with Gasteiger partial charge >= 0.3 is 0 Å². The lowest BCUT2D eigenvalue weighted by molar-refractivity contribution is -0.118. The van der Waals surface area contributed by atoms with Gasteiger partial charge in [-0.05, 0) is 74.4 Å². The third-order valence-corrected chi connectivity index (χ3v) is 6.19. The summed E-state index contributed by atoms with van der Waals surface area (Å²) in [4.78, 5) is 17.3. The Morgan fingerprint density at radius 1 is 1.06 bits per heavy atom. The van der Waals surface area contributed by atoms with Gasteiger partial charge in [-0.3, -0.25) is 4.79 Å². The van der Waals surface area contributed by atoms with Crippen LogP contribution >= 0.6 is 11.3 Å². The molecular formula is C25H22N4O3S. The maximum atomic E-state index is 11.8. The zero-order valence-corrected chi connectivity index (χ0v) is 19.3. The van der Waals surface area contributed by atoms with E-state index in [9.17, 15) is 4.79 Å². The predicted molar refractivity (Wildman–Crippen MR) is 129 cm³/mol. The number of aromatic nitrogens is 1.